The Balaban J connectivity index is 1.43. The molecule has 0 spiro atoms. The van der Waals surface area contributed by atoms with E-state index in [1.54, 1.807) is 0 Å². The van der Waals surface area contributed by atoms with E-state index in [-0.39, 0.29) is 0 Å². The highest BCUT2D eigenvalue weighted by Crippen LogP contribution is 2.34. The van der Waals surface area contributed by atoms with Gasteiger partial charge < -0.3 is 8.94 Å². The molecule has 0 aromatic carbocycles. The zero-order valence-corrected chi connectivity index (χ0v) is 14.2. The first-order valence-electron chi connectivity index (χ1n) is 8.57. The van der Waals surface area contributed by atoms with Crippen LogP contribution in [0.4, 0.5) is 0 Å². The molecule has 2 aliphatic rings. The van der Waals surface area contributed by atoms with Gasteiger partial charge in [0.1, 0.15) is 17.3 Å². The van der Waals surface area contributed by atoms with Gasteiger partial charge in [-0.05, 0) is 45.7 Å². The molecule has 23 heavy (non-hydrogen) atoms. The molecule has 124 valence electrons. The lowest BCUT2D eigenvalue weighted by atomic mass is 10.1. The predicted molar refractivity (Wildman–Crippen MR) is 87.1 cm³/mol. The standard InChI is InChI=1S/C18H25N3O2/c1-12-4-5-15(22-12)10-20-8-6-18-17(20)7-9-21(18)11-16-13(2)19-23-14(16)3/h4-5,17-18H,6-11H2,1-3H3/t17-,18+/m0/s1. The number of furan rings is 1. The molecule has 2 aromatic heterocycles. The van der Waals surface area contributed by atoms with E-state index >= 15 is 0 Å². The number of fused-ring (bicyclic) bond motifs is 1. The molecule has 0 radical (unpaired) electrons. The molecule has 4 heterocycles. The molecule has 0 bridgehead atoms. The lowest BCUT2D eigenvalue weighted by Gasteiger charge is -2.25. The van der Waals surface area contributed by atoms with Crippen molar-refractivity contribution in [1.82, 2.24) is 15.0 Å². The Morgan fingerprint density at radius 2 is 1.74 bits per heavy atom. The van der Waals surface area contributed by atoms with Crippen molar-refractivity contribution in [3.63, 3.8) is 0 Å². The van der Waals surface area contributed by atoms with E-state index in [0.29, 0.717) is 12.1 Å². The SMILES string of the molecule is Cc1ccc(CN2CC[C@@H]3[C@@H]2CCN3Cc2c(C)noc2C)o1. The van der Waals surface area contributed by atoms with Crippen molar-refractivity contribution >= 4 is 0 Å². The predicted octanol–water partition coefficient (Wildman–Crippen LogP) is 3.04. The fourth-order valence-electron chi connectivity index (χ4n) is 4.26. The Kier molecular flexibility index (Phi) is 3.77. The van der Waals surface area contributed by atoms with Crippen molar-refractivity contribution in [3.8, 4) is 0 Å². The second-order valence-corrected chi connectivity index (χ2v) is 6.97. The molecule has 2 aliphatic heterocycles. The lowest BCUT2D eigenvalue weighted by molar-refractivity contribution is 0.201. The third kappa shape index (κ3) is 2.72. The number of aromatic nitrogens is 1. The molecule has 0 aliphatic carbocycles. The Morgan fingerprint density at radius 3 is 2.30 bits per heavy atom. The maximum atomic E-state index is 5.76. The Labute approximate surface area is 137 Å². The second-order valence-electron chi connectivity index (χ2n) is 6.97. The third-order valence-corrected chi connectivity index (χ3v) is 5.50. The van der Waals surface area contributed by atoms with Gasteiger partial charge in [-0.25, -0.2) is 0 Å². The smallest absolute Gasteiger partial charge is 0.138 e. The summed E-state index contributed by atoms with van der Waals surface area (Å²) in [5.74, 6) is 3.06. The summed E-state index contributed by atoms with van der Waals surface area (Å²) in [6, 6.07) is 5.47. The average Bonchev–Trinajstić information content (AvgIpc) is 3.25. The van der Waals surface area contributed by atoms with Crippen LogP contribution in [0.2, 0.25) is 0 Å². The molecule has 0 unspecified atom stereocenters. The lowest BCUT2D eigenvalue weighted by Crippen LogP contribution is -2.36. The molecular formula is C18H25N3O2. The van der Waals surface area contributed by atoms with Crippen molar-refractivity contribution in [2.75, 3.05) is 13.1 Å². The van der Waals surface area contributed by atoms with Gasteiger partial charge in [0.15, 0.2) is 0 Å². The molecule has 5 nitrogen and oxygen atoms in total. The molecule has 2 atom stereocenters. The number of hydrogen-bond donors (Lipinski definition) is 0. The number of hydrogen-bond acceptors (Lipinski definition) is 5. The van der Waals surface area contributed by atoms with Crippen molar-refractivity contribution in [1.29, 1.82) is 0 Å². The van der Waals surface area contributed by atoms with Crippen molar-refractivity contribution in [2.24, 2.45) is 0 Å². The van der Waals surface area contributed by atoms with E-state index in [9.17, 15) is 0 Å². The quantitative estimate of drug-likeness (QED) is 0.868. The van der Waals surface area contributed by atoms with E-state index in [1.807, 2.05) is 20.8 Å². The average molecular weight is 315 g/mol. The highest BCUT2D eigenvalue weighted by molar-refractivity contribution is 5.21. The fourth-order valence-corrected chi connectivity index (χ4v) is 4.26. The molecule has 0 amide bonds. The number of aryl methyl sites for hydroxylation is 3. The van der Waals surface area contributed by atoms with Crippen molar-refractivity contribution < 1.29 is 8.94 Å². The molecule has 0 N–H and O–H groups in total. The minimum Gasteiger partial charge on any atom is -0.465 e. The van der Waals surface area contributed by atoms with Crippen LogP contribution in [0.3, 0.4) is 0 Å². The molecule has 2 saturated heterocycles. The molecular weight excluding hydrogens is 290 g/mol. The molecule has 0 saturated carbocycles. The Hall–Kier alpha value is -1.59. The van der Waals surface area contributed by atoms with E-state index in [1.165, 1.54) is 18.4 Å². The Bertz CT molecular complexity index is 671. The van der Waals surface area contributed by atoms with E-state index in [4.69, 9.17) is 8.94 Å². The summed E-state index contributed by atoms with van der Waals surface area (Å²) in [4.78, 5) is 5.21. The van der Waals surface area contributed by atoms with Gasteiger partial charge in [0, 0.05) is 37.3 Å². The monoisotopic (exact) mass is 315 g/mol. The van der Waals surface area contributed by atoms with Crippen molar-refractivity contribution in [2.45, 2.75) is 58.8 Å². The van der Waals surface area contributed by atoms with Crippen LogP contribution in [0.25, 0.3) is 0 Å². The second kappa shape index (κ2) is 5.80. The first-order valence-corrected chi connectivity index (χ1v) is 8.57. The van der Waals surface area contributed by atoms with Gasteiger partial charge >= 0.3 is 0 Å². The van der Waals surface area contributed by atoms with Gasteiger partial charge in [0.05, 0.1) is 12.2 Å². The summed E-state index contributed by atoms with van der Waals surface area (Å²) in [7, 11) is 0. The van der Waals surface area contributed by atoms with Crippen LogP contribution in [0.15, 0.2) is 21.1 Å². The zero-order valence-electron chi connectivity index (χ0n) is 14.2. The number of rotatable bonds is 4. The first-order chi connectivity index (χ1) is 11.1. The summed E-state index contributed by atoms with van der Waals surface area (Å²) in [6.07, 6.45) is 2.49. The van der Waals surface area contributed by atoms with E-state index in [2.05, 4.69) is 27.1 Å². The first kappa shape index (κ1) is 15.0. The summed E-state index contributed by atoms with van der Waals surface area (Å²) < 4.78 is 11.1. The van der Waals surface area contributed by atoms with Gasteiger partial charge in [0.2, 0.25) is 0 Å². The summed E-state index contributed by atoms with van der Waals surface area (Å²) in [5.41, 5.74) is 2.30. The molecule has 2 fully saturated rings. The van der Waals surface area contributed by atoms with Gasteiger partial charge in [-0.15, -0.1) is 0 Å². The van der Waals surface area contributed by atoms with E-state index < -0.39 is 0 Å². The number of nitrogens with zero attached hydrogens (tertiary/aromatic N) is 3. The molecule has 4 rings (SSSR count). The summed E-state index contributed by atoms with van der Waals surface area (Å²) in [6.45, 7) is 10.3. The van der Waals surface area contributed by atoms with Gasteiger partial charge in [-0.2, -0.15) is 0 Å². The largest absolute Gasteiger partial charge is 0.465 e. The van der Waals surface area contributed by atoms with Gasteiger partial charge in [-0.1, -0.05) is 5.16 Å². The Morgan fingerprint density at radius 1 is 1.04 bits per heavy atom. The van der Waals surface area contributed by atoms with Gasteiger partial charge in [-0.3, -0.25) is 9.80 Å². The maximum Gasteiger partial charge on any atom is 0.138 e. The van der Waals surface area contributed by atoms with Crippen LogP contribution < -0.4 is 0 Å². The normalized spacial score (nSPS) is 25.3. The maximum absolute atomic E-state index is 5.76. The zero-order chi connectivity index (χ0) is 16.0. The molecule has 5 heteroatoms. The van der Waals surface area contributed by atoms with Crippen LogP contribution in [-0.2, 0) is 13.1 Å². The van der Waals surface area contributed by atoms with Crippen LogP contribution in [-0.4, -0.2) is 40.1 Å². The minimum absolute atomic E-state index is 0.653. The van der Waals surface area contributed by atoms with E-state index in [0.717, 1.165) is 49.2 Å². The topological polar surface area (TPSA) is 45.7 Å². The van der Waals surface area contributed by atoms with Crippen LogP contribution >= 0.6 is 0 Å². The summed E-state index contributed by atoms with van der Waals surface area (Å²) in [5, 5.41) is 4.09. The fraction of sp³-hybridized carbons (Fsp3) is 0.611. The van der Waals surface area contributed by atoms with Crippen LogP contribution in [0, 0.1) is 20.8 Å². The highest BCUT2D eigenvalue weighted by Gasteiger charge is 2.42. The van der Waals surface area contributed by atoms with Crippen LogP contribution in [0.5, 0.6) is 0 Å². The minimum atomic E-state index is 0.653. The number of likely N-dealkylation sites (tertiary alicyclic amines) is 2. The third-order valence-electron chi connectivity index (χ3n) is 5.50. The van der Waals surface area contributed by atoms with Crippen LogP contribution in [0.1, 0.15) is 41.4 Å². The van der Waals surface area contributed by atoms with Crippen molar-refractivity contribution in [3.05, 3.63) is 40.7 Å². The van der Waals surface area contributed by atoms with Gasteiger partial charge in [0.25, 0.3) is 0 Å². The molecule has 2 aromatic rings. The highest BCUT2D eigenvalue weighted by atomic mass is 16.5. The summed E-state index contributed by atoms with van der Waals surface area (Å²) >= 11 is 0.